The zero-order valence-corrected chi connectivity index (χ0v) is 18.8. The van der Waals surface area contributed by atoms with Gasteiger partial charge in [-0.1, -0.05) is 23.4 Å². The minimum Gasteiger partial charge on any atom is -0.386 e. The molecule has 2 aromatic carbocycles. The Balaban J connectivity index is 1.34. The highest BCUT2D eigenvalue weighted by Crippen LogP contribution is 2.29. The van der Waals surface area contributed by atoms with E-state index in [4.69, 9.17) is 4.84 Å². The summed E-state index contributed by atoms with van der Waals surface area (Å²) in [4.78, 5) is 12.1. The topological polar surface area (TPSA) is 62.9 Å². The summed E-state index contributed by atoms with van der Waals surface area (Å²) in [5.41, 5.74) is 5.52. The number of hydrogen-bond acceptors (Lipinski definition) is 5. The third-order valence-electron chi connectivity index (χ3n) is 6.14. The first-order chi connectivity index (χ1) is 16.0. The molecule has 0 spiro atoms. The number of oxime groups is 1. The van der Waals surface area contributed by atoms with E-state index in [1.165, 1.54) is 12.1 Å². The Morgan fingerprint density at radius 2 is 2.00 bits per heavy atom. The van der Waals surface area contributed by atoms with Crippen LogP contribution in [0.3, 0.4) is 0 Å². The van der Waals surface area contributed by atoms with Gasteiger partial charge in [0.25, 0.3) is 0 Å². The van der Waals surface area contributed by atoms with E-state index in [-0.39, 0.29) is 5.82 Å². The third-order valence-corrected chi connectivity index (χ3v) is 6.14. The Labute approximate surface area is 192 Å². The minimum atomic E-state index is -0.946. The number of aryl methyl sites for hydroxylation is 2. The molecule has 7 heteroatoms. The van der Waals surface area contributed by atoms with E-state index in [1.807, 2.05) is 30.9 Å². The molecule has 33 heavy (non-hydrogen) atoms. The standard InChI is InChI=1S/C26H27FN4O2/c1-17-10-21(13-22(27)11-17)25(32)24-15-30-9-3-4-20(26(30)29-33-24)12-19-5-7-23(8-6-19)31-14-18(2)28-16-31/h5-8,10-14,16,24-25,32H,3-4,9,15H2,1-2H3/b20-12+. The van der Waals surface area contributed by atoms with Crippen LogP contribution in [0.1, 0.15) is 41.3 Å². The highest BCUT2D eigenvalue weighted by atomic mass is 19.1. The van der Waals surface area contributed by atoms with Crippen LogP contribution >= 0.6 is 0 Å². The summed E-state index contributed by atoms with van der Waals surface area (Å²) in [5, 5.41) is 15.2. The van der Waals surface area contributed by atoms with Crippen molar-refractivity contribution in [1.29, 1.82) is 0 Å². The molecule has 0 aliphatic carbocycles. The monoisotopic (exact) mass is 446 g/mol. The summed E-state index contributed by atoms with van der Waals surface area (Å²) in [7, 11) is 0. The molecule has 3 heterocycles. The van der Waals surface area contributed by atoms with E-state index in [0.717, 1.165) is 53.3 Å². The quantitative estimate of drug-likeness (QED) is 0.639. The molecular weight excluding hydrogens is 419 g/mol. The number of aliphatic hydroxyl groups is 1. The van der Waals surface area contributed by atoms with E-state index in [0.29, 0.717) is 12.1 Å². The van der Waals surface area contributed by atoms with Crippen molar-refractivity contribution in [1.82, 2.24) is 14.5 Å². The van der Waals surface area contributed by atoms with Gasteiger partial charge in [-0.05, 0) is 79.3 Å². The van der Waals surface area contributed by atoms with Crippen molar-refractivity contribution in [3.63, 3.8) is 0 Å². The zero-order chi connectivity index (χ0) is 22.9. The van der Waals surface area contributed by atoms with Gasteiger partial charge in [-0.3, -0.25) is 0 Å². The predicted molar refractivity (Wildman–Crippen MR) is 125 cm³/mol. The molecule has 1 N–H and O–H groups in total. The van der Waals surface area contributed by atoms with Crippen molar-refractivity contribution >= 4 is 11.9 Å². The fraction of sp³-hybridized carbons (Fsp3) is 0.308. The van der Waals surface area contributed by atoms with Crippen LogP contribution in [0, 0.1) is 19.7 Å². The Morgan fingerprint density at radius 3 is 2.73 bits per heavy atom. The number of fused-ring (bicyclic) bond motifs is 1. The van der Waals surface area contributed by atoms with Gasteiger partial charge in [-0.15, -0.1) is 0 Å². The van der Waals surface area contributed by atoms with Crippen LogP contribution in [-0.4, -0.2) is 44.6 Å². The first kappa shape index (κ1) is 21.4. The van der Waals surface area contributed by atoms with Gasteiger partial charge in [0, 0.05) is 18.4 Å². The average molecular weight is 447 g/mol. The summed E-state index contributed by atoms with van der Waals surface area (Å²) in [6, 6.07) is 12.9. The Morgan fingerprint density at radius 1 is 1.18 bits per heavy atom. The number of piperidine rings is 1. The van der Waals surface area contributed by atoms with Crippen LogP contribution in [0.25, 0.3) is 11.8 Å². The molecule has 2 aliphatic rings. The number of rotatable bonds is 4. The van der Waals surface area contributed by atoms with Gasteiger partial charge in [0.15, 0.2) is 11.9 Å². The van der Waals surface area contributed by atoms with Crippen molar-refractivity contribution in [2.75, 3.05) is 13.1 Å². The number of aromatic nitrogens is 2. The van der Waals surface area contributed by atoms with Crippen LogP contribution in [0.2, 0.25) is 0 Å². The summed E-state index contributed by atoms with van der Waals surface area (Å²) in [6.07, 6.45) is 6.37. The van der Waals surface area contributed by atoms with Crippen molar-refractivity contribution in [3.8, 4) is 5.69 Å². The molecule has 2 atom stereocenters. The zero-order valence-electron chi connectivity index (χ0n) is 18.8. The van der Waals surface area contributed by atoms with Crippen LogP contribution in [0.4, 0.5) is 4.39 Å². The highest BCUT2D eigenvalue weighted by molar-refractivity contribution is 6.02. The second-order valence-corrected chi connectivity index (χ2v) is 8.80. The lowest BCUT2D eigenvalue weighted by atomic mass is 9.97. The molecule has 0 radical (unpaired) electrons. The number of nitrogens with zero attached hydrogens (tertiary/aromatic N) is 4. The fourth-order valence-corrected chi connectivity index (χ4v) is 4.49. The van der Waals surface area contributed by atoms with Crippen molar-refractivity contribution in [3.05, 3.63) is 88.8 Å². The summed E-state index contributed by atoms with van der Waals surface area (Å²) >= 11 is 0. The van der Waals surface area contributed by atoms with Gasteiger partial charge in [-0.25, -0.2) is 9.37 Å². The molecule has 1 saturated heterocycles. The summed E-state index contributed by atoms with van der Waals surface area (Å²) in [5.74, 6) is 0.455. The van der Waals surface area contributed by atoms with Gasteiger partial charge in [-0.2, -0.15) is 0 Å². The number of imidazole rings is 1. The lowest BCUT2D eigenvalue weighted by molar-refractivity contribution is -0.0603. The predicted octanol–water partition coefficient (Wildman–Crippen LogP) is 4.55. The minimum absolute atomic E-state index is 0.360. The Kier molecular flexibility index (Phi) is 5.72. The first-order valence-electron chi connectivity index (χ1n) is 11.2. The molecule has 0 bridgehead atoms. The van der Waals surface area contributed by atoms with Crippen LogP contribution in [0.5, 0.6) is 0 Å². The molecule has 6 nitrogen and oxygen atoms in total. The second kappa shape index (κ2) is 8.83. The van der Waals surface area contributed by atoms with Crippen LogP contribution in [0.15, 0.2) is 65.7 Å². The van der Waals surface area contributed by atoms with Crippen LogP contribution < -0.4 is 0 Å². The molecule has 2 unspecified atom stereocenters. The number of hydrogen-bond donors (Lipinski definition) is 1. The molecule has 170 valence electrons. The number of benzene rings is 2. The van der Waals surface area contributed by atoms with Gasteiger partial charge in [0.05, 0.1) is 18.6 Å². The first-order valence-corrected chi connectivity index (χ1v) is 11.2. The van der Waals surface area contributed by atoms with E-state index in [2.05, 4.69) is 45.4 Å². The fourth-order valence-electron chi connectivity index (χ4n) is 4.49. The van der Waals surface area contributed by atoms with Crippen LogP contribution in [-0.2, 0) is 4.84 Å². The maximum absolute atomic E-state index is 13.8. The van der Waals surface area contributed by atoms with E-state index >= 15 is 0 Å². The molecule has 5 rings (SSSR count). The van der Waals surface area contributed by atoms with E-state index in [1.54, 1.807) is 6.07 Å². The summed E-state index contributed by atoms with van der Waals surface area (Å²) in [6.45, 7) is 5.14. The van der Waals surface area contributed by atoms with Crippen molar-refractivity contribution in [2.24, 2.45) is 5.16 Å². The molecule has 1 fully saturated rings. The number of aliphatic hydroxyl groups excluding tert-OH is 1. The third kappa shape index (κ3) is 4.54. The normalized spacial score (nSPS) is 20.2. The maximum Gasteiger partial charge on any atom is 0.174 e. The molecule has 1 aromatic heterocycles. The lowest BCUT2D eigenvalue weighted by Gasteiger charge is -2.38. The molecular formula is C26H27FN4O2. The van der Waals surface area contributed by atoms with Gasteiger partial charge in [0.2, 0.25) is 0 Å². The van der Waals surface area contributed by atoms with Gasteiger partial charge in [0.1, 0.15) is 11.9 Å². The van der Waals surface area contributed by atoms with E-state index < -0.39 is 12.2 Å². The largest absolute Gasteiger partial charge is 0.386 e. The second-order valence-electron chi connectivity index (χ2n) is 8.80. The molecule has 0 saturated carbocycles. The Hall–Kier alpha value is -3.45. The number of halogens is 1. The average Bonchev–Trinajstić information content (AvgIpc) is 3.24. The van der Waals surface area contributed by atoms with Crippen molar-refractivity contribution in [2.45, 2.75) is 38.9 Å². The Bertz CT molecular complexity index is 1200. The smallest absolute Gasteiger partial charge is 0.174 e. The van der Waals surface area contributed by atoms with Gasteiger partial charge >= 0.3 is 0 Å². The number of amidine groups is 1. The SMILES string of the molecule is Cc1cc(F)cc(C(O)C2CN3CCC/C(=C\c4ccc(-n5cnc(C)c5)cc4)C3=NO2)c1. The maximum atomic E-state index is 13.8. The van der Waals surface area contributed by atoms with Gasteiger partial charge < -0.3 is 19.4 Å². The lowest BCUT2D eigenvalue weighted by Crippen LogP contribution is -2.47. The molecule has 2 aliphatic heterocycles. The molecule has 3 aromatic rings. The van der Waals surface area contributed by atoms with Crippen molar-refractivity contribution < 1.29 is 14.3 Å². The summed E-state index contributed by atoms with van der Waals surface area (Å²) < 4.78 is 15.8. The molecule has 0 amide bonds. The van der Waals surface area contributed by atoms with E-state index in [9.17, 15) is 9.50 Å². The highest BCUT2D eigenvalue weighted by Gasteiger charge is 2.34.